The minimum Gasteiger partial charge on any atom is -0.373 e. The number of hydrogen-bond acceptors (Lipinski definition) is 3. The van der Waals surface area contributed by atoms with Gasteiger partial charge in [-0.1, -0.05) is 32.0 Å². The SMILES string of the molecule is CCc1cccc(CC)c1NC(=O)CN1CCOC(C)(C)C1. The first-order chi connectivity index (χ1) is 10.4. The Morgan fingerprint density at radius 1 is 1.27 bits per heavy atom. The van der Waals surface area contributed by atoms with Crippen molar-refractivity contribution in [3.8, 4) is 0 Å². The molecule has 0 atom stereocenters. The van der Waals surface area contributed by atoms with Crippen molar-refractivity contribution in [1.29, 1.82) is 0 Å². The highest BCUT2D eigenvalue weighted by atomic mass is 16.5. The van der Waals surface area contributed by atoms with Crippen LogP contribution < -0.4 is 5.32 Å². The van der Waals surface area contributed by atoms with E-state index in [0.29, 0.717) is 13.2 Å². The van der Waals surface area contributed by atoms with Crippen LogP contribution in [0.2, 0.25) is 0 Å². The van der Waals surface area contributed by atoms with Crippen molar-refractivity contribution in [1.82, 2.24) is 4.90 Å². The van der Waals surface area contributed by atoms with Gasteiger partial charge in [-0.2, -0.15) is 0 Å². The molecule has 0 aliphatic carbocycles. The highest BCUT2D eigenvalue weighted by Crippen LogP contribution is 2.23. The lowest BCUT2D eigenvalue weighted by Crippen LogP contribution is -2.50. The first-order valence-electron chi connectivity index (χ1n) is 8.22. The maximum absolute atomic E-state index is 12.4. The van der Waals surface area contributed by atoms with Gasteiger partial charge in [0.25, 0.3) is 0 Å². The summed E-state index contributed by atoms with van der Waals surface area (Å²) in [5.74, 6) is 0.0632. The number of carbonyl (C=O) groups is 1. The van der Waals surface area contributed by atoms with Crippen LogP contribution in [0.15, 0.2) is 18.2 Å². The second kappa shape index (κ2) is 7.25. The van der Waals surface area contributed by atoms with Gasteiger partial charge in [-0.3, -0.25) is 9.69 Å². The Morgan fingerprint density at radius 3 is 2.45 bits per heavy atom. The lowest BCUT2D eigenvalue weighted by molar-refractivity contribution is -0.122. The van der Waals surface area contributed by atoms with Crippen molar-refractivity contribution < 1.29 is 9.53 Å². The van der Waals surface area contributed by atoms with E-state index in [0.717, 1.165) is 31.6 Å². The normalized spacial score (nSPS) is 18.2. The third-order valence-electron chi connectivity index (χ3n) is 4.14. The lowest BCUT2D eigenvalue weighted by Gasteiger charge is -2.37. The van der Waals surface area contributed by atoms with Gasteiger partial charge in [-0.15, -0.1) is 0 Å². The van der Waals surface area contributed by atoms with Gasteiger partial charge in [0.15, 0.2) is 0 Å². The third kappa shape index (κ3) is 4.31. The first-order valence-corrected chi connectivity index (χ1v) is 8.22. The minimum absolute atomic E-state index is 0.0632. The van der Waals surface area contributed by atoms with Crippen LogP contribution in [0.25, 0.3) is 0 Å². The van der Waals surface area contributed by atoms with E-state index in [9.17, 15) is 4.79 Å². The van der Waals surface area contributed by atoms with Crippen molar-refractivity contribution in [2.24, 2.45) is 0 Å². The molecular weight excluding hydrogens is 276 g/mol. The van der Waals surface area contributed by atoms with Crippen molar-refractivity contribution in [2.75, 3.05) is 31.6 Å². The van der Waals surface area contributed by atoms with Crippen molar-refractivity contribution >= 4 is 11.6 Å². The standard InChI is InChI=1S/C18H28N2O2/c1-5-14-8-7-9-15(6-2)17(14)19-16(21)12-20-10-11-22-18(3,4)13-20/h7-9H,5-6,10-13H2,1-4H3,(H,19,21). The van der Waals surface area contributed by atoms with Crippen molar-refractivity contribution in [3.63, 3.8) is 0 Å². The summed E-state index contributed by atoms with van der Waals surface area (Å²) >= 11 is 0. The number of hydrogen-bond donors (Lipinski definition) is 1. The zero-order valence-corrected chi connectivity index (χ0v) is 14.2. The van der Waals surface area contributed by atoms with Crippen molar-refractivity contribution in [2.45, 2.75) is 46.1 Å². The summed E-state index contributed by atoms with van der Waals surface area (Å²) in [4.78, 5) is 14.6. The molecular formula is C18H28N2O2. The second-order valence-corrected chi connectivity index (χ2v) is 6.53. The fraction of sp³-hybridized carbons (Fsp3) is 0.611. The average Bonchev–Trinajstić information content (AvgIpc) is 2.46. The fourth-order valence-corrected chi connectivity index (χ4v) is 3.03. The number of rotatable bonds is 5. The average molecular weight is 304 g/mol. The molecule has 0 saturated carbocycles. The Morgan fingerprint density at radius 2 is 1.91 bits per heavy atom. The predicted octanol–water partition coefficient (Wildman–Crippen LogP) is 2.86. The van der Waals surface area contributed by atoms with Crippen LogP contribution in [0.3, 0.4) is 0 Å². The van der Waals surface area contributed by atoms with E-state index >= 15 is 0 Å². The summed E-state index contributed by atoms with van der Waals surface area (Å²) in [6, 6.07) is 6.25. The molecule has 0 aromatic heterocycles. The molecule has 2 rings (SSSR count). The molecule has 1 aromatic carbocycles. The number of amides is 1. The predicted molar refractivity (Wildman–Crippen MR) is 90.3 cm³/mol. The van der Waals surface area contributed by atoms with Gasteiger partial charge in [0, 0.05) is 18.8 Å². The van der Waals surface area contributed by atoms with Crippen LogP contribution in [0.5, 0.6) is 0 Å². The van der Waals surface area contributed by atoms with Crippen LogP contribution in [-0.4, -0.2) is 42.6 Å². The number of ether oxygens (including phenoxy) is 1. The van der Waals surface area contributed by atoms with Crippen LogP contribution in [0, 0.1) is 0 Å². The minimum atomic E-state index is -0.172. The van der Waals surface area contributed by atoms with Gasteiger partial charge < -0.3 is 10.1 Å². The van der Waals surface area contributed by atoms with E-state index in [1.165, 1.54) is 11.1 Å². The molecule has 1 aliphatic heterocycles. The van der Waals surface area contributed by atoms with E-state index < -0.39 is 0 Å². The molecule has 1 aromatic rings. The summed E-state index contributed by atoms with van der Waals surface area (Å²) in [5.41, 5.74) is 3.24. The fourth-order valence-electron chi connectivity index (χ4n) is 3.03. The molecule has 1 amide bonds. The summed E-state index contributed by atoms with van der Waals surface area (Å²) < 4.78 is 5.70. The van der Waals surface area contributed by atoms with E-state index in [2.05, 4.69) is 56.1 Å². The summed E-state index contributed by atoms with van der Waals surface area (Å²) in [5, 5.41) is 3.13. The number of aryl methyl sites for hydroxylation is 2. The molecule has 1 fully saturated rings. The van der Waals surface area contributed by atoms with Crippen LogP contribution in [0.1, 0.15) is 38.8 Å². The van der Waals surface area contributed by atoms with Gasteiger partial charge in [0.1, 0.15) is 0 Å². The van der Waals surface area contributed by atoms with Gasteiger partial charge in [-0.05, 0) is 37.8 Å². The number of nitrogens with zero attached hydrogens (tertiary/aromatic N) is 1. The number of morpholine rings is 1. The lowest BCUT2D eigenvalue weighted by atomic mass is 10.0. The Balaban J connectivity index is 2.03. The Hall–Kier alpha value is -1.39. The quantitative estimate of drug-likeness (QED) is 0.909. The van der Waals surface area contributed by atoms with E-state index in [-0.39, 0.29) is 11.5 Å². The van der Waals surface area contributed by atoms with E-state index in [4.69, 9.17) is 4.74 Å². The number of anilines is 1. The van der Waals surface area contributed by atoms with Crippen LogP contribution in [0.4, 0.5) is 5.69 Å². The number of para-hydroxylation sites is 1. The number of benzene rings is 1. The zero-order valence-electron chi connectivity index (χ0n) is 14.2. The maximum Gasteiger partial charge on any atom is 0.238 e. The topological polar surface area (TPSA) is 41.6 Å². The smallest absolute Gasteiger partial charge is 0.238 e. The maximum atomic E-state index is 12.4. The van der Waals surface area contributed by atoms with E-state index in [1.54, 1.807) is 0 Å². The molecule has 4 nitrogen and oxygen atoms in total. The molecule has 1 heterocycles. The number of nitrogens with one attached hydrogen (secondary N) is 1. The molecule has 0 radical (unpaired) electrons. The molecule has 0 spiro atoms. The van der Waals surface area contributed by atoms with Crippen molar-refractivity contribution in [3.05, 3.63) is 29.3 Å². The van der Waals surface area contributed by atoms with Crippen LogP contribution in [-0.2, 0) is 22.4 Å². The Kier molecular flexibility index (Phi) is 5.59. The molecule has 1 N–H and O–H groups in total. The van der Waals surface area contributed by atoms with Gasteiger partial charge in [0.05, 0.1) is 18.8 Å². The monoisotopic (exact) mass is 304 g/mol. The molecule has 122 valence electrons. The number of carbonyl (C=O) groups excluding carboxylic acids is 1. The van der Waals surface area contributed by atoms with Gasteiger partial charge in [0.2, 0.25) is 5.91 Å². The molecule has 0 unspecified atom stereocenters. The highest BCUT2D eigenvalue weighted by molar-refractivity contribution is 5.93. The second-order valence-electron chi connectivity index (χ2n) is 6.53. The first kappa shape index (κ1) is 17.0. The summed E-state index contributed by atoms with van der Waals surface area (Å²) in [6.45, 7) is 11.1. The largest absolute Gasteiger partial charge is 0.373 e. The molecule has 22 heavy (non-hydrogen) atoms. The molecule has 4 heteroatoms. The van der Waals surface area contributed by atoms with Gasteiger partial charge in [-0.25, -0.2) is 0 Å². The van der Waals surface area contributed by atoms with E-state index in [1.807, 2.05) is 0 Å². The molecule has 1 aliphatic rings. The Labute approximate surface area is 133 Å². The third-order valence-corrected chi connectivity index (χ3v) is 4.14. The summed E-state index contributed by atoms with van der Waals surface area (Å²) in [6.07, 6.45) is 1.85. The highest BCUT2D eigenvalue weighted by Gasteiger charge is 2.28. The molecule has 0 bridgehead atoms. The summed E-state index contributed by atoms with van der Waals surface area (Å²) in [7, 11) is 0. The zero-order chi connectivity index (χ0) is 16.2. The van der Waals surface area contributed by atoms with Gasteiger partial charge >= 0.3 is 0 Å². The van der Waals surface area contributed by atoms with Crippen LogP contribution >= 0.6 is 0 Å². The molecule has 1 saturated heterocycles. The Bertz CT molecular complexity index is 504.